The fourth-order valence-corrected chi connectivity index (χ4v) is 4.55. The highest BCUT2D eigenvalue weighted by Gasteiger charge is 2.26. The second-order valence-corrected chi connectivity index (χ2v) is 7.82. The van der Waals surface area contributed by atoms with Crippen LogP contribution in [-0.4, -0.2) is 45.8 Å². The monoisotopic (exact) mass is 383 g/mol. The first-order valence-corrected chi connectivity index (χ1v) is 10.1. The number of nitrogens with two attached hydrogens (primary N) is 1. The second-order valence-electron chi connectivity index (χ2n) is 6.61. The molecule has 7 heteroatoms. The molecule has 1 aliphatic heterocycles. The SMILES string of the molecule is Nc1nc2c(C3CCN(CCN=C=S)C3)cccc2n1Cc1cccs1. The lowest BCUT2D eigenvalue weighted by Gasteiger charge is -2.15. The molecule has 134 valence electrons. The van der Waals surface area contributed by atoms with Crippen LogP contribution in [0.15, 0.2) is 40.7 Å². The third-order valence-corrected chi connectivity index (χ3v) is 6.03. The lowest BCUT2D eigenvalue weighted by molar-refractivity contribution is 0.345. The summed E-state index contributed by atoms with van der Waals surface area (Å²) in [5.74, 6) is 1.07. The normalized spacial score (nSPS) is 17.6. The molecule has 26 heavy (non-hydrogen) atoms. The van der Waals surface area contributed by atoms with Gasteiger partial charge in [0.05, 0.1) is 29.3 Å². The largest absolute Gasteiger partial charge is 0.369 e. The van der Waals surface area contributed by atoms with Gasteiger partial charge in [-0.3, -0.25) is 0 Å². The number of rotatable bonds is 6. The van der Waals surface area contributed by atoms with Crippen molar-refractivity contribution >= 4 is 45.7 Å². The quantitative estimate of drug-likeness (QED) is 0.522. The molecule has 5 nitrogen and oxygen atoms in total. The van der Waals surface area contributed by atoms with Gasteiger partial charge in [-0.15, -0.1) is 11.3 Å². The molecule has 1 aliphatic rings. The van der Waals surface area contributed by atoms with Crippen LogP contribution in [0.2, 0.25) is 0 Å². The van der Waals surface area contributed by atoms with Crippen molar-refractivity contribution in [1.82, 2.24) is 14.5 Å². The van der Waals surface area contributed by atoms with Crippen LogP contribution >= 0.6 is 23.6 Å². The minimum Gasteiger partial charge on any atom is -0.369 e. The van der Waals surface area contributed by atoms with Gasteiger partial charge in [0.15, 0.2) is 0 Å². The fourth-order valence-electron chi connectivity index (χ4n) is 3.77. The van der Waals surface area contributed by atoms with Gasteiger partial charge in [-0.1, -0.05) is 18.2 Å². The number of thiophene rings is 1. The molecule has 1 atom stereocenters. The molecular weight excluding hydrogens is 362 g/mol. The van der Waals surface area contributed by atoms with Gasteiger partial charge >= 0.3 is 0 Å². The van der Waals surface area contributed by atoms with Crippen molar-refractivity contribution in [2.45, 2.75) is 18.9 Å². The number of benzene rings is 1. The van der Waals surface area contributed by atoms with Gasteiger partial charge in [0.1, 0.15) is 0 Å². The van der Waals surface area contributed by atoms with Crippen LogP contribution < -0.4 is 5.73 Å². The van der Waals surface area contributed by atoms with E-state index in [2.05, 4.69) is 67.6 Å². The van der Waals surface area contributed by atoms with Crippen LogP contribution in [-0.2, 0) is 6.54 Å². The zero-order valence-corrected chi connectivity index (χ0v) is 16.1. The third-order valence-electron chi connectivity index (χ3n) is 5.04. The van der Waals surface area contributed by atoms with E-state index >= 15 is 0 Å². The Kier molecular flexibility index (Phi) is 5.13. The minimum absolute atomic E-state index is 0.486. The molecule has 3 heterocycles. The summed E-state index contributed by atoms with van der Waals surface area (Å²) < 4.78 is 2.12. The lowest BCUT2D eigenvalue weighted by atomic mass is 9.97. The summed E-state index contributed by atoms with van der Waals surface area (Å²) in [5.41, 5.74) is 9.74. The van der Waals surface area contributed by atoms with E-state index < -0.39 is 0 Å². The van der Waals surface area contributed by atoms with Crippen LogP contribution in [0.25, 0.3) is 11.0 Å². The summed E-state index contributed by atoms with van der Waals surface area (Å²) in [6, 6.07) is 10.7. The number of likely N-dealkylation sites (tertiary alicyclic amines) is 1. The molecule has 0 amide bonds. The van der Waals surface area contributed by atoms with E-state index in [0.717, 1.165) is 50.2 Å². The number of nitrogens with zero attached hydrogens (tertiary/aromatic N) is 4. The summed E-state index contributed by atoms with van der Waals surface area (Å²) in [6.07, 6.45) is 1.14. The Morgan fingerprint density at radius 2 is 2.27 bits per heavy atom. The van der Waals surface area contributed by atoms with Gasteiger partial charge in [0, 0.05) is 23.9 Å². The van der Waals surface area contributed by atoms with Crippen molar-refractivity contribution < 1.29 is 0 Å². The Morgan fingerprint density at radius 3 is 3.08 bits per heavy atom. The second kappa shape index (κ2) is 7.68. The van der Waals surface area contributed by atoms with E-state index in [1.165, 1.54) is 10.4 Å². The molecule has 4 rings (SSSR count). The summed E-state index contributed by atoms with van der Waals surface area (Å²) in [4.78, 5) is 12.5. The first-order valence-electron chi connectivity index (χ1n) is 8.79. The van der Waals surface area contributed by atoms with Crippen LogP contribution in [0.5, 0.6) is 0 Å². The molecule has 1 unspecified atom stereocenters. The topological polar surface area (TPSA) is 59.4 Å². The molecule has 3 aromatic rings. The number of isothiocyanates is 1. The molecular formula is C19H21N5S2. The molecule has 0 radical (unpaired) electrons. The van der Waals surface area contributed by atoms with Crippen molar-refractivity contribution in [3.05, 3.63) is 46.2 Å². The maximum atomic E-state index is 6.26. The Bertz CT molecular complexity index is 940. The van der Waals surface area contributed by atoms with Crippen LogP contribution in [0, 0.1) is 0 Å². The zero-order valence-electron chi connectivity index (χ0n) is 14.5. The van der Waals surface area contributed by atoms with Crippen molar-refractivity contribution in [2.75, 3.05) is 31.9 Å². The van der Waals surface area contributed by atoms with Crippen LogP contribution in [0.1, 0.15) is 22.8 Å². The Balaban J connectivity index is 1.60. The van der Waals surface area contributed by atoms with Crippen molar-refractivity contribution in [2.24, 2.45) is 4.99 Å². The number of aromatic nitrogens is 2. The summed E-state index contributed by atoms with van der Waals surface area (Å²) >= 11 is 6.39. The predicted octanol–water partition coefficient (Wildman–Crippen LogP) is 3.62. The molecule has 1 fully saturated rings. The summed E-state index contributed by atoms with van der Waals surface area (Å²) in [5, 5.41) is 4.54. The van der Waals surface area contributed by atoms with E-state index in [-0.39, 0.29) is 0 Å². The zero-order chi connectivity index (χ0) is 17.9. The van der Waals surface area contributed by atoms with E-state index in [1.807, 2.05) is 0 Å². The average Bonchev–Trinajstić information content (AvgIpc) is 3.37. The average molecular weight is 384 g/mol. The number of para-hydroxylation sites is 1. The number of imidazole rings is 1. The summed E-state index contributed by atoms with van der Waals surface area (Å²) in [6.45, 7) is 4.55. The molecule has 1 saturated heterocycles. The van der Waals surface area contributed by atoms with Crippen molar-refractivity contribution in [3.63, 3.8) is 0 Å². The van der Waals surface area contributed by atoms with Crippen molar-refractivity contribution in [3.8, 4) is 0 Å². The number of hydrogen-bond acceptors (Lipinski definition) is 6. The Labute approximate surface area is 162 Å². The minimum atomic E-state index is 0.486. The highest BCUT2D eigenvalue weighted by Crippen LogP contribution is 2.33. The van der Waals surface area contributed by atoms with E-state index in [9.17, 15) is 0 Å². The lowest BCUT2D eigenvalue weighted by Crippen LogP contribution is -2.23. The third kappa shape index (κ3) is 3.44. The van der Waals surface area contributed by atoms with Gasteiger partial charge in [-0.05, 0) is 48.3 Å². The van der Waals surface area contributed by atoms with E-state index in [1.54, 1.807) is 11.3 Å². The van der Waals surface area contributed by atoms with Gasteiger partial charge in [0.2, 0.25) is 5.95 Å². The van der Waals surface area contributed by atoms with E-state index in [4.69, 9.17) is 10.7 Å². The van der Waals surface area contributed by atoms with Gasteiger partial charge in [-0.25, -0.2) is 9.98 Å². The van der Waals surface area contributed by atoms with Gasteiger partial charge in [-0.2, -0.15) is 0 Å². The number of aliphatic imine (C=N–C) groups is 1. The maximum Gasteiger partial charge on any atom is 0.201 e. The predicted molar refractivity (Wildman–Crippen MR) is 111 cm³/mol. The number of nitrogen functional groups attached to an aromatic ring is 1. The molecule has 1 aromatic carbocycles. The number of thiocarbonyl (C=S) groups is 1. The Hall–Kier alpha value is -2.05. The fraction of sp³-hybridized carbons (Fsp3) is 0.368. The summed E-state index contributed by atoms with van der Waals surface area (Å²) in [7, 11) is 0. The first kappa shape index (κ1) is 17.4. The number of fused-ring (bicyclic) bond motifs is 1. The van der Waals surface area contributed by atoms with Crippen molar-refractivity contribution in [1.29, 1.82) is 0 Å². The number of anilines is 1. The van der Waals surface area contributed by atoms with Crippen LogP contribution in [0.3, 0.4) is 0 Å². The Morgan fingerprint density at radius 1 is 1.35 bits per heavy atom. The standard InChI is InChI=1S/C19H21N5S2/c20-19-22-18-16(14-6-8-23(11-14)9-7-21-13-25)4-1-5-17(18)24(19)12-15-3-2-10-26-15/h1-5,10,14H,6-9,11-12H2,(H2,20,22). The highest BCUT2D eigenvalue weighted by molar-refractivity contribution is 7.78. The molecule has 0 spiro atoms. The van der Waals surface area contributed by atoms with Gasteiger partial charge in [0.25, 0.3) is 0 Å². The molecule has 2 N–H and O–H groups in total. The first-order chi connectivity index (χ1) is 12.8. The molecule has 0 aliphatic carbocycles. The molecule has 2 aromatic heterocycles. The highest BCUT2D eigenvalue weighted by atomic mass is 32.1. The molecule has 0 bridgehead atoms. The van der Waals surface area contributed by atoms with Gasteiger partial charge < -0.3 is 15.2 Å². The maximum absolute atomic E-state index is 6.26. The smallest absolute Gasteiger partial charge is 0.201 e. The molecule has 0 saturated carbocycles. The van der Waals surface area contributed by atoms with Crippen LogP contribution in [0.4, 0.5) is 5.95 Å². The van der Waals surface area contributed by atoms with E-state index in [0.29, 0.717) is 11.9 Å². The number of hydrogen-bond donors (Lipinski definition) is 1.